The Morgan fingerprint density at radius 3 is 1.33 bits per heavy atom. The van der Waals surface area contributed by atoms with Crippen LogP contribution in [-0.2, 0) is 0 Å². The molecule has 0 saturated heterocycles. The van der Waals surface area contributed by atoms with E-state index < -0.39 is 0 Å². The number of aromatic nitrogens is 3. The Hall–Kier alpha value is -6.19. The maximum absolute atomic E-state index is 4.31. The summed E-state index contributed by atoms with van der Waals surface area (Å²) in [6.07, 6.45) is 11.2. The van der Waals surface area contributed by atoms with Gasteiger partial charge in [0.15, 0.2) is 0 Å². The van der Waals surface area contributed by atoms with Gasteiger partial charge >= 0.3 is 0 Å². The molecule has 0 atom stereocenters. The summed E-state index contributed by atoms with van der Waals surface area (Å²) in [6, 6.07) is 46.3. The smallest absolute Gasteiger partial charge is 0.0273 e. The van der Waals surface area contributed by atoms with Gasteiger partial charge in [0, 0.05) is 37.2 Å². The monoisotopic (exact) mass is 585 g/mol. The topological polar surface area (TPSA) is 38.7 Å². The number of nitrogens with zero attached hydrogens (tertiary/aromatic N) is 3. The maximum atomic E-state index is 4.31. The zero-order chi connectivity index (χ0) is 30.5. The van der Waals surface area contributed by atoms with Crippen molar-refractivity contribution in [3.05, 3.63) is 165 Å². The van der Waals surface area contributed by atoms with Crippen LogP contribution in [0.25, 0.3) is 88.0 Å². The predicted molar refractivity (Wildman–Crippen MR) is 191 cm³/mol. The molecule has 3 heterocycles. The summed E-state index contributed by atoms with van der Waals surface area (Å²) in [4.78, 5) is 12.8. The molecule has 0 unspecified atom stereocenters. The summed E-state index contributed by atoms with van der Waals surface area (Å²) < 4.78 is 0. The van der Waals surface area contributed by atoms with E-state index in [1.165, 1.54) is 60.1 Å². The molecule has 3 nitrogen and oxygen atoms in total. The van der Waals surface area contributed by atoms with Gasteiger partial charge in [-0.25, -0.2) is 0 Å². The molecule has 214 valence electrons. The van der Waals surface area contributed by atoms with Gasteiger partial charge < -0.3 is 0 Å². The van der Waals surface area contributed by atoms with Crippen LogP contribution in [0, 0.1) is 0 Å². The van der Waals surface area contributed by atoms with Crippen LogP contribution in [0.15, 0.2) is 165 Å². The molecule has 3 aromatic heterocycles. The molecular formula is C43H27N3. The predicted octanol–water partition coefficient (Wildman–Crippen LogP) is 11.1. The highest BCUT2D eigenvalue weighted by Crippen LogP contribution is 2.46. The second-order valence-electron chi connectivity index (χ2n) is 11.7. The lowest BCUT2D eigenvalue weighted by atomic mass is 9.83. The third kappa shape index (κ3) is 4.33. The van der Waals surface area contributed by atoms with Crippen molar-refractivity contribution < 1.29 is 0 Å². The van der Waals surface area contributed by atoms with Crippen LogP contribution in [0.4, 0.5) is 0 Å². The second-order valence-corrected chi connectivity index (χ2v) is 11.7. The van der Waals surface area contributed by atoms with Crippen molar-refractivity contribution in [2.24, 2.45) is 0 Å². The van der Waals surface area contributed by atoms with E-state index in [9.17, 15) is 0 Å². The van der Waals surface area contributed by atoms with E-state index in [4.69, 9.17) is 0 Å². The standard InChI is InChI=1S/C43H27N3/c1-2-4-30(5-3-1)40-27-41(31-16-22-46-23-17-31)38-9-7-32-6-8-36(37-10-11-39(40)43(38)42(32)37)35-25-33(28-12-18-44-19-13-28)24-34(26-35)29-14-20-45-21-15-29/h1-27H. The van der Waals surface area contributed by atoms with Gasteiger partial charge in [0.2, 0.25) is 0 Å². The number of hydrogen-bond acceptors (Lipinski definition) is 3. The molecule has 3 heteroatoms. The molecule has 9 rings (SSSR count). The molecule has 0 aliphatic heterocycles. The van der Waals surface area contributed by atoms with Crippen molar-refractivity contribution in [3.63, 3.8) is 0 Å². The average molecular weight is 586 g/mol. The summed E-state index contributed by atoms with van der Waals surface area (Å²) in [5.41, 5.74) is 11.8. The van der Waals surface area contributed by atoms with E-state index in [1.54, 1.807) is 0 Å². The van der Waals surface area contributed by atoms with Gasteiger partial charge in [0.1, 0.15) is 0 Å². The molecule has 0 aliphatic carbocycles. The van der Waals surface area contributed by atoms with E-state index in [0.717, 1.165) is 27.8 Å². The average Bonchev–Trinajstić information content (AvgIpc) is 3.14. The van der Waals surface area contributed by atoms with Crippen molar-refractivity contribution in [2.45, 2.75) is 0 Å². The molecule has 0 N–H and O–H groups in total. The van der Waals surface area contributed by atoms with Crippen molar-refractivity contribution in [3.8, 4) is 55.6 Å². The fourth-order valence-corrected chi connectivity index (χ4v) is 6.98. The molecule has 0 fully saturated rings. The first kappa shape index (κ1) is 26.2. The summed E-state index contributed by atoms with van der Waals surface area (Å²) in [6.45, 7) is 0. The molecule has 0 bridgehead atoms. The summed E-state index contributed by atoms with van der Waals surface area (Å²) in [5, 5.41) is 7.58. The number of pyridine rings is 3. The van der Waals surface area contributed by atoms with Crippen LogP contribution in [-0.4, -0.2) is 15.0 Å². The first-order valence-corrected chi connectivity index (χ1v) is 15.5. The molecule has 9 aromatic rings. The van der Waals surface area contributed by atoms with Crippen LogP contribution in [0.5, 0.6) is 0 Å². The molecule has 0 radical (unpaired) electrons. The Morgan fingerprint density at radius 1 is 0.283 bits per heavy atom. The third-order valence-electron chi connectivity index (χ3n) is 9.13. The number of benzene rings is 6. The normalized spacial score (nSPS) is 11.5. The second kappa shape index (κ2) is 10.8. The molecular weight excluding hydrogens is 558 g/mol. The van der Waals surface area contributed by atoms with Gasteiger partial charge in [-0.2, -0.15) is 0 Å². The van der Waals surface area contributed by atoms with Gasteiger partial charge in [-0.05, 0) is 149 Å². The van der Waals surface area contributed by atoms with Crippen LogP contribution < -0.4 is 0 Å². The van der Waals surface area contributed by atoms with Crippen LogP contribution >= 0.6 is 0 Å². The van der Waals surface area contributed by atoms with Crippen LogP contribution in [0.3, 0.4) is 0 Å². The highest BCUT2D eigenvalue weighted by Gasteiger charge is 2.19. The van der Waals surface area contributed by atoms with Crippen LogP contribution in [0.1, 0.15) is 0 Å². The van der Waals surface area contributed by atoms with E-state index in [2.05, 4.69) is 142 Å². The molecule has 46 heavy (non-hydrogen) atoms. The molecule has 0 saturated carbocycles. The number of rotatable bonds is 5. The van der Waals surface area contributed by atoms with Gasteiger partial charge in [-0.15, -0.1) is 0 Å². The molecule has 0 aliphatic rings. The third-order valence-corrected chi connectivity index (χ3v) is 9.13. The van der Waals surface area contributed by atoms with E-state index in [1.807, 2.05) is 37.2 Å². The highest BCUT2D eigenvalue weighted by molar-refractivity contribution is 6.30. The lowest BCUT2D eigenvalue weighted by Gasteiger charge is -2.20. The summed E-state index contributed by atoms with van der Waals surface area (Å²) >= 11 is 0. The zero-order valence-electron chi connectivity index (χ0n) is 24.9. The first-order valence-electron chi connectivity index (χ1n) is 15.5. The Balaban J connectivity index is 1.36. The first-order chi connectivity index (χ1) is 22.8. The summed E-state index contributed by atoms with van der Waals surface area (Å²) in [7, 11) is 0. The fourth-order valence-electron chi connectivity index (χ4n) is 6.98. The fraction of sp³-hybridized carbons (Fsp3) is 0. The van der Waals surface area contributed by atoms with E-state index in [-0.39, 0.29) is 0 Å². The Labute approximate surface area is 266 Å². The lowest BCUT2D eigenvalue weighted by molar-refractivity contribution is 1.33. The van der Waals surface area contributed by atoms with Crippen molar-refractivity contribution in [1.82, 2.24) is 15.0 Å². The van der Waals surface area contributed by atoms with E-state index in [0.29, 0.717) is 0 Å². The molecule has 0 amide bonds. The Morgan fingerprint density at radius 2 is 0.739 bits per heavy atom. The van der Waals surface area contributed by atoms with Crippen LogP contribution in [0.2, 0.25) is 0 Å². The minimum Gasteiger partial charge on any atom is -0.265 e. The highest BCUT2D eigenvalue weighted by atomic mass is 14.6. The number of hydrogen-bond donors (Lipinski definition) is 0. The molecule has 6 aromatic carbocycles. The summed E-state index contributed by atoms with van der Waals surface area (Å²) in [5.74, 6) is 0. The largest absolute Gasteiger partial charge is 0.265 e. The maximum Gasteiger partial charge on any atom is 0.0273 e. The van der Waals surface area contributed by atoms with Crippen molar-refractivity contribution >= 4 is 32.3 Å². The zero-order valence-corrected chi connectivity index (χ0v) is 24.9. The minimum absolute atomic E-state index is 1.14. The minimum atomic E-state index is 1.14. The van der Waals surface area contributed by atoms with Gasteiger partial charge in [-0.3, -0.25) is 15.0 Å². The van der Waals surface area contributed by atoms with E-state index >= 15 is 0 Å². The quantitative estimate of drug-likeness (QED) is 0.189. The lowest BCUT2D eigenvalue weighted by Crippen LogP contribution is -1.93. The van der Waals surface area contributed by atoms with Crippen molar-refractivity contribution in [1.29, 1.82) is 0 Å². The van der Waals surface area contributed by atoms with Gasteiger partial charge in [-0.1, -0.05) is 66.7 Å². The SMILES string of the molecule is c1ccc(-c2cc(-c3ccncc3)c3ccc4ccc(-c5cc(-c6ccncc6)cc(-c6ccncc6)c5)c5ccc2c3c45)cc1. The molecule has 0 spiro atoms. The Bertz CT molecular complexity index is 2370. The Kier molecular flexibility index (Phi) is 6.14. The van der Waals surface area contributed by atoms with Gasteiger partial charge in [0.05, 0.1) is 0 Å². The van der Waals surface area contributed by atoms with Gasteiger partial charge in [0.25, 0.3) is 0 Å². The van der Waals surface area contributed by atoms with Crippen molar-refractivity contribution in [2.75, 3.05) is 0 Å².